The molecule has 1 heterocycles. The summed E-state index contributed by atoms with van der Waals surface area (Å²) in [5.41, 5.74) is 0. The second-order valence-corrected chi connectivity index (χ2v) is 4.63. The minimum Gasteiger partial charge on any atom is -0.452 e. The molecule has 1 fully saturated rings. The van der Waals surface area contributed by atoms with Crippen molar-refractivity contribution in [2.45, 2.75) is 12.5 Å². The van der Waals surface area contributed by atoms with Crippen LogP contribution in [0.3, 0.4) is 0 Å². The summed E-state index contributed by atoms with van der Waals surface area (Å²) in [6, 6.07) is 0. The molecule has 1 atom stereocenters. The molecule has 1 aliphatic rings. The molecule has 0 amide bonds. The summed E-state index contributed by atoms with van der Waals surface area (Å²) in [5.74, 6) is 0.529. The molecule has 0 aliphatic carbocycles. The fourth-order valence-electron chi connectivity index (χ4n) is 0.946. The van der Waals surface area contributed by atoms with Gasteiger partial charge in [0.25, 0.3) is 0 Å². The first-order chi connectivity index (χ1) is 4.64. The van der Waals surface area contributed by atoms with Gasteiger partial charge in [0, 0.05) is 12.2 Å². The van der Waals surface area contributed by atoms with Gasteiger partial charge in [-0.25, -0.2) is 4.79 Å². The van der Waals surface area contributed by atoms with Gasteiger partial charge in [-0.1, -0.05) is 0 Å². The molecular formula is C5H9O4S. The van der Waals surface area contributed by atoms with E-state index in [1.165, 1.54) is 6.47 Å². The van der Waals surface area contributed by atoms with Gasteiger partial charge in [-0.3, -0.25) is 9.11 Å². The third-order valence-corrected chi connectivity index (χ3v) is 3.23. The highest BCUT2D eigenvalue weighted by Crippen LogP contribution is 2.46. The van der Waals surface area contributed by atoms with Crippen LogP contribution in [-0.2, 0) is 9.53 Å². The first-order valence-corrected chi connectivity index (χ1v) is 4.79. The highest BCUT2D eigenvalue weighted by Gasteiger charge is 2.29. The van der Waals surface area contributed by atoms with Crippen LogP contribution in [0.1, 0.15) is 6.42 Å². The molecule has 0 bridgehead atoms. The van der Waals surface area contributed by atoms with Gasteiger partial charge in [-0.2, -0.15) is 10.6 Å². The molecule has 1 saturated heterocycles. The van der Waals surface area contributed by atoms with Crippen molar-refractivity contribution in [3.63, 3.8) is 0 Å². The molecule has 1 radical (unpaired) electrons. The van der Waals surface area contributed by atoms with Crippen molar-refractivity contribution in [2.24, 2.45) is 0 Å². The summed E-state index contributed by atoms with van der Waals surface area (Å²) in [6.45, 7) is 1.29. The van der Waals surface area contributed by atoms with Crippen molar-refractivity contribution < 1.29 is 18.6 Å². The van der Waals surface area contributed by atoms with Crippen LogP contribution in [0.2, 0.25) is 0 Å². The molecule has 1 aliphatic heterocycles. The van der Waals surface area contributed by atoms with E-state index < -0.39 is 10.6 Å². The zero-order chi connectivity index (χ0) is 7.61. The standard InChI is InChI=1S/C5H9O4S/c6-4-9-5-1-2-10(7,8)3-5/h5,7-8H,1-3H2. The molecule has 4 nitrogen and oxygen atoms in total. The van der Waals surface area contributed by atoms with E-state index in [1.807, 2.05) is 0 Å². The summed E-state index contributed by atoms with van der Waals surface area (Å²) in [7, 11) is -2.42. The molecule has 1 unspecified atom stereocenters. The number of hydrogen-bond donors (Lipinski definition) is 2. The lowest BCUT2D eigenvalue weighted by Gasteiger charge is -2.25. The Morgan fingerprint density at radius 3 is 2.70 bits per heavy atom. The van der Waals surface area contributed by atoms with Crippen molar-refractivity contribution in [3.8, 4) is 0 Å². The number of carbonyl (C=O) groups excluding carboxylic acids is 1. The first-order valence-electron chi connectivity index (χ1n) is 2.90. The Bertz CT molecular complexity index is 136. The van der Waals surface area contributed by atoms with E-state index in [-0.39, 0.29) is 11.9 Å². The van der Waals surface area contributed by atoms with Gasteiger partial charge in [0.1, 0.15) is 6.10 Å². The van der Waals surface area contributed by atoms with Gasteiger partial charge < -0.3 is 4.74 Å². The van der Waals surface area contributed by atoms with Gasteiger partial charge >= 0.3 is 6.47 Å². The number of ether oxygens (including phenoxy) is 1. The van der Waals surface area contributed by atoms with Crippen molar-refractivity contribution >= 4 is 17.1 Å². The van der Waals surface area contributed by atoms with E-state index in [0.29, 0.717) is 12.2 Å². The van der Waals surface area contributed by atoms with Crippen LogP contribution < -0.4 is 0 Å². The third-order valence-electron chi connectivity index (χ3n) is 1.43. The molecule has 5 heteroatoms. The zero-order valence-electron chi connectivity index (χ0n) is 5.32. The fourth-order valence-corrected chi connectivity index (χ4v) is 2.58. The van der Waals surface area contributed by atoms with Crippen molar-refractivity contribution in [2.75, 3.05) is 11.5 Å². The average molecular weight is 165 g/mol. The lowest BCUT2D eigenvalue weighted by molar-refractivity contribution is 0.200. The van der Waals surface area contributed by atoms with Crippen LogP contribution >= 0.6 is 10.6 Å². The Morgan fingerprint density at radius 2 is 2.30 bits per heavy atom. The summed E-state index contributed by atoms with van der Waals surface area (Å²) in [6.07, 6.45) is 0.208. The minimum atomic E-state index is -2.42. The van der Waals surface area contributed by atoms with E-state index in [2.05, 4.69) is 4.74 Å². The van der Waals surface area contributed by atoms with E-state index in [4.69, 9.17) is 9.11 Å². The Hall–Kier alpha value is -0.260. The van der Waals surface area contributed by atoms with Gasteiger partial charge in [-0.15, -0.1) is 0 Å². The van der Waals surface area contributed by atoms with Crippen molar-refractivity contribution in [3.05, 3.63) is 0 Å². The molecule has 10 heavy (non-hydrogen) atoms. The lowest BCUT2D eigenvalue weighted by atomic mass is 10.3. The maximum Gasteiger partial charge on any atom is 0.417 e. The average Bonchev–Trinajstić information content (AvgIpc) is 2.12. The van der Waals surface area contributed by atoms with Crippen LogP contribution in [0.4, 0.5) is 0 Å². The Balaban J connectivity index is 2.35. The first kappa shape index (κ1) is 7.84. The highest BCUT2D eigenvalue weighted by molar-refractivity contribution is 8.24. The molecule has 1 rings (SSSR count). The van der Waals surface area contributed by atoms with E-state index in [1.54, 1.807) is 0 Å². The van der Waals surface area contributed by atoms with Gasteiger partial charge in [0.2, 0.25) is 0 Å². The molecule has 0 aromatic rings. The normalized spacial score (nSPS) is 33.2. The van der Waals surface area contributed by atoms with Crippen LogP contribution in [0, 0.1) is 0 Å². The fraction of sp³-hybridized carbons (Fsp3) is 0.800. The van der Waals surface area contributed by atoms with Crippen molar-refractivity contribution in [1.82, 2.24) is 0 Å². The molecule has 2 N–H and O–H groups in total. The topological polar surface area (TPSA) is 66.8 Å². The lowest BCUT2D eigenvalue weighted by Crippen LogP contribution is -2.11. The van der Waals surface area contributed by atoms with Gasteiger partial charge in [-0.05, 0) is 0 Å². The highest BCUT2D eigenvalue weighted by atomic mass is 32.3. The van der Waals surface area contributed by atoms with Crippen LogP contribution in [0.15, 0.2) is 0 Å². The smallest absolute Gasteiger partial charge is 0.417 e. The Labute approximate surface area is 60.5 Å². The van der Waals surface area contributed by atoms with Gasteiger partial charge in [0.05, 0.1) is 5.75 Å². The summed E-state index contributed by atoms with van der Waals surface area (Å²) in [4.78, 5) is 9.67. The molecular weight excluding hydrogens is 156 g/mol. The molecule has 0 aromatic heterocycles. The Morgan fingerprint density at radius 1 is 1.60 bits per heavy atom. The van der Waals surface area contributed by atoms with Crippen molar-refractivity contribution in [1.29, 1.82) is 0 Å². The zero-order valence-corrected chi connectivity index (χ0v) is 6.13. The molecule has 0 aromatic carbocycles. The summed E-state index contributed by atoms with van der Waals surface area (Å²) >= 11 is 0. The van der Waals surface area contributed by atoms with Crippen LogP contribution in [0.5, 0.6) is 0 Å². The predicted molar refractivity (Wildman–Crippen MR) is 37.8 cm³/mol. The maximum atomic E-state index is 9.67. The van der Waals surface area contributed by atoms with E-state index in [9.17, 15) is 4.79 Å². The quantitative estimate of drug-likeness (QED) is 0.628. The third kappa shape index (κ3) is 1.86. The number of hydrogen-bond acceptors (Lipinski definition) is 4. The largest absolute Gasteiger partial charge is 0.452 e. The monoisotopic (exact) mass is 165 g/mol. The molecule has 59 valence electrons. The second kappa shape index (κ2) is 2.77. The predicted octanol–water partition coefficient (Wildman–Crippen LogP) is 0.593. The number of rotatable bonds is 2. The van der Waals surface area contributed by atoms with E-state index >= 15 is 0 Å². The van der Waals surface area contributed by atoms with Crippen LogP contribution in [-0.4, -0.2) is 33.2 Å². The second-order valence-electron chi connectivity index (χ2n) is 2.28. The SMILES string of the molecule is O=[C]OC1CCS(O)(O)C1. The summed E-state index contributed by atoms with van der Waals surface area (Å²) < 4.78 is 22.5. The summed E-state index contributed by atoms with van der Waals surface area (Å²) in [5, 5.41) is 0. The van der Waals surface area contributed by atoms with Gasteiger partial charge in [0.15, 0.2) is 0 Å². The minimum absolute atomic E-state index is 0.183. The van der Waals surface area contributed by atoms with E-state index in [0.717, 1.165) is 0 Å². The molecule has 0 saturated carbocycles. The maximum absolute atomic E-state index is 9.67. The molecule has 0 spiro atoms. The Kier molecular flexibility index (Phi) is 2.18. The van der Waals surface area contributed by atoms with Crippen LogP contribution in [0.25, 0.3) is 0 Å².